The first kappa shape index (κ1) is 15.2. The van der Waals surface area contributed by atoms with Gasteiger partial charge in [0.25, 0.3) is 0 Å². The summed E-state index contributed by atoms with van der Waals surface area (Å²) in [4.78, 5) is 13.6. The molecule has 0 aliphatic heterocycles. The van der Waals surface area contributed by atoms with Crippen LogP contribution in [0.25, 0.3) is 10.2 Å². The Kier molecular flexibility index (Phi) is 4.60. The molecule has 0 atom stereocenters. The summed E-state index contributed by atoms with van der Waals surface area (Å²) in [7, 11) is 0. The van der Waals surface area contributed by atoms with Crippen molar-refractivity contribution >= 4 is 27.4 Å². The van der Waals surface area contributed by atoms with Crippen LogP contribution in [0.2, 0.25) is 0 Å². The fraction of sp³-hybridized carbons (Fsp3) is 0.600. The molecule has 2 aromatic heterocycles. The molecule has 0 aromatic carbocycles. The lowest BCUT2D eigenvalue weighted by molar-refractivity contribution is 0.377. The summed E-state index contributed by atoms with van der Waals surface area (Å²) in [5.41, 5.74) is 5.97. The van der Waals surface area contributed by atoms with Gasteiger partial charge in [0, 0.05) is 18.0 Å². The minimum absolute atomic E-state index is 0.0809. The third-order valence-corrected chi connectivity index (χ3v) is 4.35. The maximum absolute atomic E-state index is 5.89. The molecule has 2 aromatic rings. The molecule has 0 saturated heterocycles. The molecule has 5 heteroatoms. The first-order chi connectivity index (χ1) is 9.46. The molecule has 0 spiro atoms. The number of nitrogens with zero attached hydrogens (tertiary/aromatic N) is 3. The van der Waals surface area contributed by atoms with E-state index in [1.165, 1.54) is 4.88 Å². The van der Waals surface area contributed by atoms with Crippen molar-refractivity contribution in [1.82, 2.24) is 9.97 Å². The Balaban J connectivity index is 2.40. The van der Waals surface area contributed by atoms with E-state index < -0.39 is 0 Å². The minimum Gasteiger partial charge on any atom is -0.355 e. The molecule has 2 rings (SSSR count). The average Bonchev–Trinajstić information content (AvgIpc) is 2.78. The summed E-state index contributed by atoms with van der Waals surface area (Å²) >= 11 is 1.72. The van der Waals surface area contributed by atoms with Crippen LogP contribution < -0.4 is 10.6 Å². The topological polar surface area (TPSA) is 55.0 Å². The smallest absolute Gasteiger partial charge is 0.140 e. The number of hydrogen-bond donors (Lipinski definition) is 1. The Morgan fingerprint density at radius 2 is 2.10 bits per heavy atom. The molecule has 0 saturated carbocycles. The Hall–Kier alpha value is -1.20. The van der Waals surface area contributed by atoms with Gasteiger partial charge in [-0.05, 0) is 31.4 Å². The quantitative estimate of drug-likeness (QED) is 0.888. The van der Waals surface area contributed by atoms with Crippen LogP contribution in [0.15, 0.2) is 12.4 Å². The number of fused-ring (bicyclic) bond motifs is 1. The second-order valence-electron chi connectivity index (χ2n) is 6.06. The number of thiophene rings is 1. The highest BCUT2D eigenvalue weighted by atomic mass is 32.1. The van der Waals surface area contributed by atoms with Crippen molar-refractivity contribution in [2.24, 2.45) is 11.1 Å². The number of hydrogen-bond acceptors (Lipinski definition) is 5. The van der Waals surface area contributed by atoms with Gasteiger partial charge in [-0.3, -0.25) is 0 Å². The van der Waals surface area contributed by atoms with Crippen molar-refractivity contribution in [3.63, 3.8) is 0 Å². The van der Waals surface area contributed by atoms with Gasteiger partial charge in [0.2, 0.25) is 0 Å². The number of nitrogens with two attached hydrogens (primary N) is 1. The van der Waals surface area contributed by atoms with Crippen LogP contribution >= 0.6 is 11.3 Å². The predicted octanol–water partition coefficient (Wildman–Crippen LogP) is 3.20. The summed E-state index contributed by atoms with van der Waals surface area (Å²) in [5, 5.41) is 1.16. The van der Waals surface area contributed by atoms with Crippen molar-refractivity contribution in [3.8, 4) is 0 Å². The highest BCUT2D eigenvalue weighted by molar-refractivity contribution is 7.18. The molecular formula is C15H24N4S. The zero-order valence-corrected chi connectivity index (χ0v) is 13.6. The van der Waals surface area contributed by atoms with E-state index >= 15 is 0 Å². The molecule has 0 fully saturated rings. The first-order valence-corrected chi connectivity index (χ1v) is 7.94. The summed E-state index contributed by atoms with van der Waals surface area (Å²) in [5.74, 6) is 1.04. The van der Waals surface area contributed by atoms with Gasteiger partial charge in [0.05, 0.1) is 5.39 Å². The highest BCUT2D eigenvalue weighted by Crippen LogP contribution is 2.31. The number of anilines is 1. The van der Waals surface area contributed by atoms with E-state index in [1.807, 2.05) is 0 Å². The summed E-state index contributed by atoms with van der Waals surface area (Å²) in [6, 6.07) is 2.19. The van der Waals surface area contributed by atoms with Crippen LogP contribution in [-0.2, 0) is 0 Å². The standard InChI is InChI=1S/C15H24N4S/c1-5-6-19(9-15(3,4)8-16)13-12-7-11(2)20-14(12)18-10-17-13/h7,10H,5-6,8-9,16H2,1-4H3. The zero-order chi connectivity index (χ0) is 14.8. The molecule has 2 N–H and O–H groups in total. The van der Waals surface area contributed by atoms with Crippen LogP contribution in [0, 0.1) is 12.3 Å². The maximum Gasteiger partial charge on any atom is 0.140 e. The molecule has 0 radical (unpaired) electrons. The van der Waals surface area contributed by atoms with Crippen molar-refractivity contribution in [3.05, 3.63) is 17.3 Å². The number of aromatic nitrogens is 2. The second kappa shape index (κ2) is 6.06. The fourth-order valence-corrected chi connectivity index (χ4v) is 3.17. The molecule has 2 heterocycles. The van der Waals surface area contributed by atoms with E-state index in [1.54, 1.807) is 17.7 Å². The lowest BCUT2D eigenvalue weighted by Gasteiger charge is -2.32. The van der Waals surface area contributed by atoms with E-state index in [2.05, 4.69) is 48.6 Å². The van der Waals surface area contributed by atoms with Crippen molar-refractivity contribution in [2.75, 3.05) is 24.5 Å². The second-order valence-corrected chi connectivity index (χ2v) is 7.30. The van der Waals surface area contributed by atoms with Gasteiger partial charge in [0.1, 0.15) is 17.0 Å². The van der Waals surface area contributed by atoms with E-state index in [-0.39, 0.29) is 5.41 Å². The van der Waals surface area contributed by atoms with Gasteiger partial charge in [0.15, 0.2) is 0 Å². The third kappa shape index (κ3) is 3.27. The van der Waals surface area contributed by atoms with Crippen LogP contribution in [0.3, 0.4) is 0 Å². The van der Waals surface area contributed by atoms with Gasteiger partial charge >= 0.3 is 0 Å². The summed E-state index contributed by atoms with van der Waals surface area (Å²) in [6.07, 6.45) is 2.76. The number of aryl methyl sites for hydroxylation is 1. The monoisotopic (exact) mass is 292 g/mol. The van der Waals surface area contributed by atoms with Crippen LogP contribution in [0.4, 0.5) is 5.82 Å². The van der Waals surface area contributed by atoms with Gasteiger partial charge < -0.3 is 10.6 Å². The van der Waals surface area contributed by atoms with Crippen molar-refractivity contribution < 1.29 is 0 Å². The zero-order valence-electron chi connectivity index (χ0n) is 12.8. The van der Waals surface area contributed by atoms with Gasteiger partial charge in [-0.1, -0.05) is 20.8 Å². The number of rotatable bonds is 6. The van der Waals surface area contributed by atoms with Crippen molar-refractivity contribution in [1.29, 1.82) is 0 Å². The SMILES string of the molecule is CCCN(CC(C)(C)CN)c1ncnc2sc(C)cc12. The average molecular weight is 292 g/mol. The Morgan fingerprint density at radius 1 is 1.35 bits per heavy atom. The molecule has 110 valence electrons. The highest BCUT2D eigenvalue weighted by Gasteiger charge is 2.22. The predicted molar refractivity (Wildman–Crippen MR) is 87.5 cm³/mol. The van der Waals surface area contributed by atoms with Crippen molar-refractivity contribution in [2.45, 2.75) is 34.1 Å². The molecule has 0 aliphatic rings. The van der Waals surface area contributed by atoms with E-state index in [0.717, 1.165) is 35.5 Å². The largest absolute Gasteiger partial charge is 0.355 e. The fourth-order valence-electron chi connectivity index (χ4n) is 2.33. The van der Waals surface area contributed by atoms with E-state index in [0.29, 0.717) is 6.54 Å². The summed E-state index contributed by atoms with van der Waals surface area (Å²) < 4.78 is 0. The Morgan fingerprint density at radius 3 is 2.75 bits per heavy atom. The lowest BCUT2D eigenvalue weighted by atomic mass is 9.93. The third-order valence-electron chi connectivity index (χ3n) is 3.40. The maximum atomic E-state index is 5.89. The van der Waals surface area contributed by atoms with Crippen LogP contribution in [0.1, 0.15) is 32.1 Å². The van der Waals surface area contributed by atoms with E-state index in [4.69, 9.17) is 5.73 Å². The Bertz CT molecular complexity index is 576. The van der Waals surface area contributed by atoms with Gasteiger partial charge in [-0.2, -0.15) is 0 Å². The molecule has 0 amide bonds. The first-order valence-electron chi connectivity index (χ1n) is 7.13. The van der Waals surface area contributed by atoms with E-state index in [9.17, 15) is 0 Å². The summed E-state index contributed by atoms with van der Waals surface area (Å²) in [6.45, 7) is 11.3. The van der Waals surface area contributed by atoms with Crippen LogP contribution in [-0.4, -0.2) is 29.6 Å². The van der Waals surface area contributed by atoms with Crippen LogP contribution in [0.5, 0.6) is 0 Å². The normalized spacial score (nSPS) is 12.1. The molecule has 4 nitrogen and oxygen atoms in total. The Labute approximate surface area is 125 Å². The van der Waals surface area contributed by atoms with Gasteiger partial charge in [-0.15, -0.1) is 11.3 Å². The molecule has 20 heavy (non-hydrogen) atoms. The molecule has 0 aliphatic carbocycles. The lowest BCUT2D eigenvalue weighted by Crippen LogP contribution is -2.39. The minimum atomic E-state index is 0.0809. The molecular weight excluding hydrogens is 268 g/mol. The molecule has 0 unspecified atom stereocenters. The molecule has 0 bridgehead atoms. The van der Waals surface area contributed by atoms with Gasteiger partial charge in [-0.25, -0.2) is 9.97 Å².